The van der Waals surface area contributed by atoms with Crippen LogP contribution >= 0.6 is 0 Å². The summed E-state index contributed by atoms with van der Waals surface area (Å²) >= 11 is 0. The molecular formula is C9H12N4O2. The topological polar surface area (TPSA) is 110 Å². The predicted molar refractivity (Wildman–Crippen MR) is 55.5 cm³/mol. The Hall–Kier alpha value is -2.08. The Morgan fingerprint density at radius 2 is 1.93 bits per heavy atom. The number of nitrogens with one attached hydrogen (secondary N) is 2. The lowest BCUT2D eigenvalue weighted by molar-refractivity contribution is -0.120. The molecule has 0 aliphatic rings. The fraction of sp³-hybridized carbons (Fsp3) is 0.111. The minimum atomic E-state index is -0.474. The maximum atomic E-state index is 11.5. The van der Waals surface area contributed by atoms with Gasteiger partial charge < -0.3 is 11.1 Å². The van der Waals surface area contributed by atoms with E-state index in [1.807, 2.05) is 5.43 Å². The molecule has 0 radical (unpaired) electrons. The molecule has 6 heteroatoms. The second-order valence-electron chi connectivity index (χ2n) is 2.84. The zero-order valence-corrected chi connectivity index (χ0v) is 7.99. The molecule has 0 spiro atoms. The Morgan fingerprint density at radius 3 is 2.53 bits per heavy atom. The van der Waals surface area contributed by atoms with Crippen molar-refractivity contribution in [3.8, 4) is 0 Å². The van der Waals surface area contributed by atoms with Gasteiger partial charge in [-0.25, -0.2) is 5.84 Å². The molecule has 6 N–H and O–H groups in total. The third-order valence-corrected chi connectivity index (χ3v) is 1.78. The molecule has 0 unspecified atom stereocenters. The fourth-order valence-corrected chi connectivity index (χ4v) is 1.01. The van der Waals surface area contributed by atoms with Gasteiger partial charge in [0.1, 0.15) is 0 Å². The summed E-state index contributed by atoms with van der Waals surface area (Å²) in [6.07, 6.45) is 0. The summed E-state index contributed by atoms with van der Waals surface area (Å²) in [6, 6.07) is 6.59. The van der Waals surface area contributed by atoms with Crippen molar-refractivity contribution < 1.29 is 9.59 Å². The number of carbonyl (C=O) groups excluding carboxylic acids is 2. The number of amides is 2. The largest absolute Gasteiger partial charge is 0.398 e. The first-order valence-electron chi connectivity index (χ1n) is 4.27. The molecule has 15 heavy (non-hydrogen) atoms. The van der Waals surface area contributed by atoms with E-state index in [0.717, 1.165) is 0 Å². The van der Waals surface area contributed by atoms with Gasteiger partial charge in [0.05, 0.1) is 12.1 Å². The van der Waals surface area contributed by atoms with Gasteiger partial charge in [-0.2, -0.15) is 0 Å². The van der Waals surface area contributed by atoms with Crippen LogP contribution < -0.4 is 22.3 Å². The van der Waals surface area contributed by atoms with Crippen LogP contribution in [0.1, 0.15) is 10.4 Å². The van der Waals surface area contributed by atoms with Gasteiger partial charge in [-0.15, -0.1) is 0 Å². The average Bonchev–Trinajstić information content (AvgIpc) is 2.26. The zero-order valence-electron chi connectivity index (χ0n) is 7.99. The van der Waals surface area contributed by atoms with E-state index in [0.29, 0.717) is 11.3 Å². The van der Waals surface area contributed by atoms with Crippen LogP contribution in [0.2, 0.25) is 0 Å². The van der Waals surface area contributed by atoms with Gasteiger partial charge in [0.15, 0.2) is 0 Å². The molecule has 0 atom stereocenters. The molecule has 6 nitrogen and oxygen atoms in total. The van der Waals surface area contributed by atoms with E-state index in [4.69, 9.17) is 11.6 Å². The summed E-state index contributed by atoms with van der Waals surface area (Å²) in [5.41, 5.74) is 8.18. The first kappa shape index (κ1) is 11.0. The van der Waals surface area contributed by atoms with E-state index in [9.17, 15) is 9.59 Å². The van der Waals surface area contributed by atoms with Gasteiger partial charge in [0.25, 0.3) is 11.8 Å². The molecular weight excluding hydrogens is 196 g/mol. The van der Waals surface area contributed by atoms with Gasteiger partial charge >= 0.3 is 0 Å². The zero-order chi connectivity index (χ0) is 11.3. The van der Waals surface area contributed by atoms with Crippen molar-refractivity contribution in [3.05, 3.63) is 29.8 Å². The number of nitrogens with two attached hydrogens (primary N) is 2. The maximum absolute atomic E-state index is 11.5. The highest BCUT2D eigenvalue weighted by Gasteiger charge is 2.09. The highest BCUT2D eigenvalue weighted by molar-refractivity contribution is 6.00. The van der Waals surface area contributed by atoms with Crippen LogP contribution in [-0.2, 0) is 4.79 Å². The maximum Gasteiger partial charge on any atom is 0.253 e. The first-order chi connectivity index (χ1) is 7.15. The van der Waals surface area contributed by atoms with Crippen molar-refractivity contribution in [3.63, 3.8) is 0 Å². The van der Waals surface area contributed by atoms with Gasteiger partial charge in [0.2, 0.25) is 0 Å². The van der Waals surface area contributed by atoms with Crippen LogP contribution in [0.25, 0.3) is 0 Å². The van der Waals surface area contributed by atoms with Gasteiger partial charge in [0, 0.05) is 5.69 Å². The quantitative estimate of drug-likeness (QED) is 0.221. The monoisotopic (exact) mass is 208 g/mol. The lowest BCUT2D eigenvalue weighted by Gasteiger charge is -2.05. The fourth-order valence-electron chi connectivity index (χ4n) is 1.01. The molecule has 80 valence electrons. The Morgan fingerprint density at radius 1 is 1.27 bits per heavy atom. The van der Waals surface area contributed by atoms with Gasteiger partial charge in [-0.05, 0) is 12.1 Å². The van der Waals surface area contributed by atoms with E-state index in [1.54, 1.807) is 24.3 Å². The van der Waals surface area contributed by atoms with E-state index in [2.05, 4.69) is 5.32 Å². The molecule has 1 aromatic carbocycles. The first-order valence-corrected chi connectivity index (χ1v) is 4.27. The molecule has 0 aliphatic carbocycles. The number of para-hydroxylation sites is 1. The standard InChI is InChI=1S/C9H12N4O2/c10-7-4-2-1-3-6(7)9(15)12-5-8(14)13-11/h1-4H,5,10-11H2,(H,12,15)(H,13,14). The highest BCUT2D eigenvalue weighted by atomic mass is 16.2. The van der Waals surface area contributed by atoms with Gasteiger partial charge in [-0.1, -0.05) is 12.1 Å². The highest BCUT2D eigenvalue weighted by Crippen LogP contribution is 2.09. The molecule has 0 bridgehead atoms. The van der Waals surface area contributed by atoms with E-state index < -0.39 is 11.8 Å². The lowest BCUT2D eigenvalue weighted by atomic mass is 10.1. The SMILES string of the molecule is NNC(=O)CNC(=O)c1ccccc1N. The summed E-state index contributed by atoms with van der Waals surface area (Å²) in [7, 11) is 0. The Kier molecular flexibility index (Phi) is 3.64. The second-order valence-corrected chi connectivity index (χ2v) is 2.84. The van der Waals surface area contributed by atoms with Crippen molar-refractivity contribution in [1.82, 2.24) is 10.7 Å². The molecule has 0 aromatic heterocycles. The molecule has 1 aromatic rings. The van der Waals surface area contributed by atoms with Crippen LogP contribution in [0.5, 0.6) is 0 Å². The predicted octanol–water partition coefficient (Wildman–Crippen LogP) is -1.01. The second kappa shape index (κ2) is 4.97. The summed E-state index contributed by atoms with van der Waals surface area (Å²) in [5.74, 6) is 3.97. The minimum Gasteiger partial charge on any atom is -0.398 e. The molecule has 0 saturated carbocycles. The number of hydrogen-bond donors (Lipinski definition) is 4. The van der Waals surface area contributed by atoms with Crippen molar-refractivity contribution >= 4 is 17.5 Å². The van der Waals surface area contributed by atoms with Gasteiger partial charge in [-0.3, -0.25) is 15.0 Å². The number of rotatable bonds is 3. The summed E-state index contributed by atoms with van der Waals surface area (Å²) < 4.78 is 0. The van der Waals surface area contributed by atoms with Crippen molar-refractivity contribution in [2.45, 2.75) is 0 Å². The van der Waals surface area contributed by atoms with E-state index in [-0.39, 0.29) is 6.54 Å². The smallest absolute Gasteiger partial charge is 0.253 e. The molecule has 0 saturated heterocycles. The number of benzene rings is 1. The van der Waals surface area contributed by atoms with Crippen LogP contribution in [0.4, 0.5) is 5.69 Å². The Balaban J connectivity index is 2.62. The summed E-state index contributed by atoms with van der Waals surface area (Å²) in [4.78, 5) is 22.2. The number of nitrogen functional groups attached to an aromatic ring is 1. The van der Waals surface area contributed by atoms with Crippen molar-refractivity contribution in [2.24, 2.45) is 5.84 Å². The van der Waals surface area contributed by atoms with Crippen LogP contribution in [0.15, 0.2) is 24.3 Å². The number of anilines is 1. The summed E-state index contributed by atoms with van der Waals surface area (Å²) in [6.45, 7) is -0.177. The molecule has 1 rings (SSSR count). The molecule has 0 aliphatic heterocycles. The number of hydrazine groups is 1. The van der Waals surface area contributed by atoms with Crippen molar-refractivity contribution in [2.75, 3.05) is 12.3 Å². The van der Waals surface area contributed by atoms with Crippen LogP contribution in [0, 0.1) is 0 Å². The van der Waals surface area contributed by atoms with Crippen LogP contribution in [-0.4, -0.2) is 18.4 Å². The van der Waals surface area contributed by atoms with Crippen LogP contribution in [0.3, 0.4) is 0 Å². The van der Waals surface area contributed by atoms with E-state index >= 15 is 0 Å². The Labute approximate surface area is 86.6 Å². The Bertz CT molecular complexity index is 378. The third-order valence-electron chi connectivity index (χ3n) is 1.78. The molecule has 0 heterocycles. The average molecular weight is 208 g/mol. The molecule has 2 amide bonds. The molecule has 0 fully saturated rings. The number of carbonyl (C=O) groups is 2. The lowest BCUT2D eigenvalue weighted by Crippen LogP contribution is -2.40. The minimum absolute atomic E-state index is 0.177. The third kappa shape index (κ3) is 2.96. The van der Waals surface area contributed by atoms with E-state index in [1.165, 1.54) is 0 Å². The summed E-state index contributed by atoms with van der Waals surface area (Å²) in [5, 5.41) is 2.38. The number of hydrogen-bond acceptors (Lipinski definition) is 4. The normalized spacial score (nSPS) is 9.40. The van der Waals surface area contributed by atoms with Crippen molar-refractivity contribution in [1.29, 1.82) is 0 Å².